The molecule has 0 unspecified atom stereocenters. The predicted octanol–water partition coefficient (Wildman–Crippen LogP) is 3.41. The van der Waals surface area contributed by atoms with Gasteiger partial charge in [-0.25, -0.2) is 4.98 Å². The van der Waals surface area contributed by atoms with Crippen molar-refractivity contribution in [3.8, 4) is 10.6 Å². The molecule has 0 spiro atoms. The third-order valence-electron chi connectivity index (χ3n) is 3.20. The van der Waals surface area contributed by atoms with Crippen molar-refractivity contribution in [1.29, 1.82) is 0 Å². The van der Waals surface area contributed by atoms with Crippen LogP contribution in [0.15, 0.2) is 16.8 Å². The molecule has 0 aliphatic carbocycles. The Kier molecular flexibility index (Phi) is 5.50. The molecule has 0 bridgehead atoms. The first-order chi connectivity index (χ1) is 10.0. The number of aromatic nitrogens is 1. The molecule has 0 saturated heterocycles. The summed E-state index contributed by atoms with van der Waals surface area (Å²) in [7, 11) is 0. The van der Waals surface area contributed by atoms with Gasteiger partial charge >= 0.3 is 0 Å². The van der Waals surface area contributed by atoms with Crippen molar-refractivity contribution >= 4 is 28.6 Å². The molecule has 2 aromatic rings. The Morgan fingerprint density at radius 1 is 1.48 bits per heavy atom. The van der Waals surface area contributed by atoms with Crippen LogP contribution >= 0.6 is 22.7 Å². The number of thiazole rings is 1. The van der Waals surface area contributed by atoms with E-state index in [2.05, 4.69) is 4.98 Å². The number of hydrogen-bond acceptors (Lipinski definition) is 5. The molecule has 4 nitrogen and oxygen atoms in total. The summed E-state index contributed by atoms with van der Waals surface area (Å²) in [5.74, 6) is 0.00919. The molecule has 2 heterocycles. The fourth-order valence-corrected chi connectivity index (χ4v) is 3.80. The fourth-order valence-electron chi connectivity index (χ4n) is 2.07. The number of amides is 1. The van der Waals surface area contributed by atoms with Gasteiger partial charge < -0.3 is 10.0 Å². The van der Waals surface area contributed by atoms with Gasteiger partial charge in [-0.3, -0.25) is 4.79 Å². The summed E-state index contributed by atoms with van der Waals surface area (Å²) in [5, 5.41) is 13.9. The molecule has 0 aliphatic heterocycles. The summed E-state index contributed by atoms with van der Waals surface area (Å²) in [6, 6.07) is 2.12. The van der Waals surface area contributed by atoms with Crippen LogP contribution in [0.2, 0.25) is 0 Å². The smallest absolute Gasteiger partial charge is 0.266 e. The first-order valence-electron chi connectivity index (χ1n) is 6.96. The van der Waals surface area contributed by atoms with Crippen LogP contribution in [0.4, 0.5) is 0 Å². The summed E-state index contributed by atoms with van der Waals surface area (Å²) in [4.78, 5) is 19.7. The monoisotopic (exact) mass is 324 g/mol. The molecule has 0 fully saturated rings. The highest BCUT2D eigenvalue weighted by Gasteiger charge is 2.23. The number of thiophene rings is 1. The number of aliphatic hydroxyl groups excluding tert-OH is 1. The summed E-state index contributed by atoms with van der Waals surface area (Å²) < 4.78 is 0. The van der Waals surface area contributed by atoms with Crippen LogP contribution in [0.1, 0.15) is 35.6 Å². The van der Waals surface area contributed by atoms with Crippen molar-refractivity contribution in [2.75, 3.05) is 13.2 Å². The molecular formula is C15H20N2O2S2. The number of hydrogen-bond donors (Lipinski definition) is 1. The molecule has 0 saturated carbocycles. The van der Waals surface area contributed by atoms with Gasteiger partial charge in [-0.2, -0.15) is 11.3 Å². The molecule has 0 atom stereocenters. The van der Waals surface area contributed by atoms with Crippen LogP contribution in [0.5, 0.6) is 0 Å². The number of carbonyl (C=O) groups excluding carboxylic acids is 1. The third-order valence-corrected chi connectivity index (χ3v) is 5.08. The minimum Gasteiger partial charge on any atom is -0.396 e. The number of carbonyl (C=O) groups is 1. The van der Waals surface area contributed by atoms with Crippen LogP contribution in [0.3, 0.4) is 0 Å². The van der Waals surface area contributed by atoms with Gasteiger partial charge in [0.25, 0.3) is 5.91 Å². The molecular weight excluding hydrogens is 304 g/mol. The average molecular weight is 324 g/mol. The first kappa shape index (κ1) is 16.1. The van der Waals surface area contributed by atoms with Gasteiger partial charge in [0.15, 0.2) is 0 Å². The molecule has 114 valence electrons. The zero-order valence-electron chi connectivity index (χ0n) is 12.5. The number of aliphatic hydroxyl groups is 1. The second-order valence-corrected chi connectivity index (χ2v) is 6.89. The van der Waals surface area contributed by atoms with E-state index in [0.717, 1.165) is 16.3 Å². The van der Waals surface area contributed by atoms with E-state index in [4.69, 9.17) is 5.11 Å². The standard InChI is InChI=1S/C15H20N2O2S2/c1-10(2)17(6-4-7-18)15(19)13-11(3)16-14(21-13)12-5-8-20-9-12/h5,8-10,18H,4,6-7H2,1-3H3. The number of aryl methyl sites for hydroxylation is 1. The van der Waals surface area contributed by atoms with E-state index in [0.29, 0.717) is 17.8 Å². The van der Waals surface area contributed by atoms with Gasteiger partial charge in [-0.05, 0) is 38.6 Å². The summed E-state index contributed by atoms with van der Waals surface area (Å²) >= 11 is 3.07. The Morgan fingerprint density at radius 2 is 2.24 bits per heavy atom. The van der Waals surface area contributed by atoms with Gasteiger partial charge in [-0.15, -0.1) is 11.3 Å². The molecule has 1 amide bonds. The summed E-state index contributed by atoms with van der Waals surface area (Å²) in [6.07, 6.45) is 0.596. The Morgan fingerprint density at radius 3 is 2.81 bits per heavy atom. The molecule has 0 aliphatic rings. The Bertz CT molecular complexity index is 591. The van der Waals surface area contributed by atoms with E-state index in [1.165, 1.54) is 11.3 Å². The van der Waals surface area contributed by atoms with E-state index < -0.39 is 0 Å². The van der Waals surface area contributed by atoms with Crippen LogP contribution in [-0.4, -0.2) is 40.1 Å². The second kappa shape index (κ2) is 7.15. The van der Waals surface area contributed by atoms with Crippen molar-refractivity contribution in [2.45, 2.75) is 33.2 Å². The van der Waals surface area contributed by atoms with E-state index in [1.807, 2.05) is 37.6 Å². The van der Waals surface area contributed by atoms with Gasteiger partial charge in [0.1, 0.15) is 9.88 Å². The molecule has 2 aromatic heterocycles. The largest absolute Gasteiger partial charge is 0.396 e. The average Bonchev–Trinajstić information content (AvgIpc) is 3.07. The predicted molar refractivity (Wildman–Crippen MR) is 88.0 cm³/mol. The molecule has 1 N–H and O–H groups in total. The van der Waals surface area contributed by atoms with Gasteiger partial charge in [0, 0.05) is 30.1 Å². The minimum atomic E-state index is 0.00919. The molecule has 21 heavy (non-hydrogen) atoms. The van der Waals surface area contributed by atoms with Crippen molar-refractivity contribution < 1.29 is 9.90 Å². The highest BCUT2D eigenvalue weighted by molar-refractivity contribution is 7.17. The van der Waals surface area contributed by atoms with Crippen LogP contribution in [0.25, 0.3) is 10.6 Å². The third kappa shape index (κ3) is 3.70. The summed E-state index contributed by atoms with van der Waals surface area (Å²) in [6.45, 7) is 6.53. The SMILES string of the molecule is Cc1nc(-c2ccsc2)sc1C(=O)N(CCCO)C(C)C. The van der Waals surface area contributed by atoms with Crippen LogP contribution in [0, 0.1) is 6.92 Å². The lowest BCUT2D eigenvalue weighted by molar-refractivity contribution is 0.0697. The zero-order chi connectivity index (χ0) is 15.4. The number of nitrogens with zero attached hydrogens (tertiary/aromatic N) is 2. The Hall–Kier alpha value is -1.24. The Balaban J connectivity index is 2.25. The minimum absolute atomic E-state index is 0.00919. The van der Waals surface area contributed by atoms with Crippen molar-refractivity contribution in [3.05, 3.63) is 27.4 Å². The Labute approximate surface area is 133 Å². The van der Waals surface area contributed by atoms with Crippen LogP contribution < -0.4 is 0 Å². The van der Waals surface area contributed by atoms with E-state index in [9.17, 15) is 4.79 Å². The molecule has 2 rings (SSSR count). The van der Waals surface area contributed by atoms with E-state index >= 15 is 0 Å². The maximum Gasteiger partial charge on any atom is 0.266 e. The first-order valence-corrected chi connectivity index (χ1v) is 8.72. The van der Waals surface area contributed by atoms with E-state index in [-0.39, 0.29) is 18.6 Å². The van der Waals surface area contributed by atoms with Crippen LogP contribution in [-0.2, 0) is 0 Å². The maximum atomic E-state index is 12.7. The van der Waals surface area contributed by atoms with Gasteiger partial charge in [-0.1, -0.05) is 0 Å². The van der Waals surface area contributed by atoms with Crippen molar-refractivity contribution in [1.82, 2.24) is 9.88 Å². The highest BCUT2D eigenvalue weighted by Crippen LogP contribution is 2.30. The fraction of sp³-hybridized carbons (Fsp3) is 0.467. The number of rotatable bonds is 6. The van der Waals surface area contributed by atoms with Crippen molar-refractivity contribution in [3.63, 3.8) is 0 Å². The lowest BCUT2D eigenvalue weighted by atomic mass is 10.2. The topological polar surface area (TPSA) is 53.4 Å². The van der Waals surface area contributed by atoms with Gasteiger partial charge in [0.2, 0.25) is 0 Å². The maximum absolute atomic E-state index is 12.7. The van der Waals surface area contributed by atoms with Crippen molar-refractivity contribution in [2.24, 2.45) is 0 Å². The zero-order valence-corrected chi connectivity index (χ0v) is 14.1. The molecule has 0 radical (unpaired) electrons. The summed E-state index contributed by atoms with van der Waals surface area (Å²) in [5.41, 5.74) is 1.85. The van der Waals surface area contributed by atoms with Gasteiger partial charge in [0.05, 0.1) is 5.69 Å². The molecule has 6 heteroatoms. The molecule has 0 aromatic carbocycles. The second-order valence-electron chi connectivity index (χ2n) is 5.12. The quantitative estimate of drug-likeness (QED) is 0.886. The normalized spacial score (nSPS) is 11.1. The lowest BCUT2D eigenvalue weighted by Crippen LogP contribution is -2.38. The highest BCUT2D eigenvalue weighted by atomic mass is 32.1. The lowest BCUT2D eigenvalue weighted by Gasteiger charge is -2.26. The van der Waals surface area contributed by atoms with E-state index in [1.54, 1.807) is 16.2 Å².